The van der Waals surface area contributed by atoms with Crippen LogP contribution >= 0.6 is 0 Å². The first kappa shape index (κ1) is 14.4. The van der Waals surface area contributed by atoms with Gasteiger partial charge in [0.15, 0.2) is 0 Å². The Balaban J connectivity index is 4.75. The highest BCUT2D eigenvalue weighted by atomic mass is 16.5. The first-order valence-corrected chi connectivity index (χ1v) is 5.85. The number of carbonyl (C=O) groups excluding carboxylic acids is 1. The molecular weight excluding hydrogens is 192 g/mol. The second-order valence-corrected chi connectivity index (χ2v) is 4.09. The normalized spacial score (nSPS) is 13.7. The summed E-state index contributed by atoms with van der Waals surface area (Å²) in [5.41, 5.74) is -0.884. The Morgan fingerprint density at radius 3 is 2.00 bits per heavy atom. The average Bonchev–Trinajstić information content (AvgIpc) is 2.19. The predicted molar refractivity (Wildman–Crippen MR) is 60.6 cm³/mol. The van der Waals surface area contributed by atoms with E-state index in [1.807, 2.05) is 20.8 Å². The third-order valence-electron chi connectivity index (χ3n) is 2.91. The maximum atomic E-state index is 11.6. The van der Waals surface area contributed by atoms with Crippen LogP contribution in [0.3, 0.4) is 0 Å². The van der Waals surface area contributed by atoms with Crippen LogP contribution in [0.2, 0.25) is 0 Å². The Labute approximate surface area is 92.8 Å². The van der Waals surface area contributed by atoms with Crippen molar-refractivity contribution in [2.24, 2.45) is 5.92 Å². The molecule has 90 valence electrons. The third-order valence-corrected chi connectivity index (χ3v) is 2.91. The summed E-state index contributed by atoms with van der Waals surface area (Å²) in [6.45, 7) is 5.95. The maximum Gasteiger partial charge on any atom is 0.311 e. The largest absolute Gasteiger partial charge is 0.469 e. The Morgan fingerprint density at radius 2 is 1.73 bits per heavy atom. The van der Waals surface area contributed by atoms with Crippen LogP contribution in [-0.2, 0) is 9.53 Å². The molecule has 0 aliphatic rings. The van der Waals surface area contributed by atoms with E-state index >= 15 is 0 Å². The summed E-state index contributed by atoms with van der Waals surface area (Å²) in [5, 5.41) is 10.5. The van der Waals surface area contributed by atoms with E-state index in [0.29, 0.717) is 19.3 Å². The van der Waals surface area contributed by atoms with E-state index in [1.54, 1.807) is 0 Å². The summed E-state index contributed by atoms with van der Waals surface area (Å²) in [6.07, 6.45) is 3.71. The quantitative estimate of drug-likeness (QED) is 0.665. The molecular formula is C12H24O3. The molecule has 1 atom stereocenters. The van der Waals surface area contributed by atoms with Crippen LogP contribution in [0.4, 0.5) is 0 Å². The molecule has 1 N–H and O–H groups in total. The van der Waals surface area contributed by atoms with Gasteiger partial charge in [0.2, 0.25) is 0 Å². The fourth-order valence-electron chi connectivity index (χ4n) is 2.25. The van der Waals surface area contributed by atoms with Crippen LogP contribution in [0.1, 0.15) is 52.9 Å². The van der Waals surface area contributed by atoms with Crippen LogP contribution in [0, 0.1) is 5.92 Å². The molecule has 0 aromatic carbocycles. The molecule has 1 unspecified atom stereocenters. The lowest BCUT2D eigenvalue weighted by atomic mass is 9.79. The Bertz CT molecular complexity index is 183. The van der Waals surface area contributed by atoms with Crippen LogP contribution < -0.4 is 0 Å². The second-order valence-electron chi connectivity index (χ2n) is 4.09. The molecule has 0 saturated carbocycles. The molecule has 0 aliphatic carbocycles. The Hall–Kier alpha value is -0.570. The molecule has 0 aromatic rings. The maximum absolute atomic E-state index is 11.6. The van der Waals surface area contributed by atoms with Gasteiger partial charge in [-0.2, -0.15) is 0 Å². The van der Waals surface area contributed by atoms with Crippen molar-refractivity contribution in [2.75, 3.05) is 7.11 Å². The molecule has 0 amide bonds. The smallest absolute Gasteiger partial charge is 0.311 e. The van der Waals surface area contributed by atoms with Crippen molar-refractivity contribution in [1.29, 1.82) is 0 Å². The molecule has 0 fully saturated rings. The van der Waals surface area contributed by atoms with Crippen LogP contribution in [0.5, 0.6) is 0 Å². The summed E-state index contributed by atoms with van der Waals surface area (Å²) >= 11 is 0. The second kappa shape index (κ2) is 6.83. The first-order chi connectivity index (χ1) is 7.05. The summed E-state index contributed by atoms with van der Waals surface area (Å²) in [4.78, 5) is 11.6. The molecule has 0 saturated heterocycles. The number of carbonyl (C=O) groups is 1. The monoisotopic (exact) mass is 216 g/mol. The molecule has 0 bridgehead atoms. The summed E-state index contributed by atoms with van der Waals surface area (Å²) in [7, 11) is 1.38. The summed E-state index contributed by atoms with van der Waals surface area (Å²) in [6, 6.07) is 0. The van der Waals surface area contributed by atoms with Gasteiger partial charge in [-0.15, -0.1) is 0 Å². The van der Waals surface area contributed by atoms with Gasteiger partial charge in [-0.05, 0) is 19.3 Å². The molecule has 3 heteroatoms. The standard InChI is InChI=1S/C12H24O3/c1-5-8-12(14,9-6-2)10(7-3)11(13)15-4/h10,14H,5-9H2,1-4H3. The van der Waals surface area contributed by atoms with Crippen LogP contribution in [-0.4, -0.2) is 23.8 Å². The molecule has 0 radical (unpaired) electrons. The van der Waals surface area contributed by atoms with Crippen molar-refractivity contribution < 1.29 is 14.6 Å². The van der Waals surface area contributed by atoms with E-state index in [0.717, 1.165) is 12.8 Å². The number of hydrogen-bond donors (Lipinski definition) is 1. The van der Waals surface area contributed by atoms with E-state index in [1.165, 1.54) is 7.11 Å². The van der Waals surface area contributed by atoms with Gasteiger partial charge in [-0.1, -0.05) is 33.6 Å². The molecule has 0 spiro atoms. The molecule has 3 nitrogen and oxygen atoms in total. The highest BCUT2D eigenvalue weighted by Gasteiger charge is 2.39. The van der Waals surface area contributed by atoms with Crippen molar-refractivity contribution in [3.05, 3.63) is 0 Å². The zero-order valence-corrected chi connectivity index (χ0v) is 10.4. The molecule has 15 heavy (non-hydrogen) atoms. The van der Waals surface area contributed by atoms with Crippen LogP contribution in [0.25, 0.3) is 0 Å². The van der Waals surface area contributed by atoms with Gasteiger partial charge in [-0.3, -0.25) is 4.79 Å². The van der Waals surface area contributed by atoms with Crippen molar-refractivity contribution in [2.45, 2.75) is 58.5 Å². The molecule has 0 aromatic heterocycles. The lowest BCUT2D eigenvalue weighted by Gasteiger charge is -2.33. The van der Waals surface area contributed by atoms with E-state index in [9.17, 15) is 9.90 Å². The van der Waals surface area contributed by atoms with Crippen molar-refractivity contribution in [3.63, 3.8) is 0 Å². The number of aliphatic hydroxyl groups is 1. The minimum atomic E-state index is -0.884. The molecule has 0 aliphatic heterocycles. The van der Waals surface area contributed by atoms with E-state index in [4.69, 9.17) is 4.74 Å². The van der Waals surface area contributed by atoms with Crippen molar-refractivity contribution >= 4 is 5.97 Å². The van der Waals surface area contributed by atoms with Crippen molar-refractivity contribution in [1.82, 2.24) is 0 Å². The van der Waals surface area contributed by atoms with Crippen molar-refractivity contribution in [3.8, 4) is 0 Å². The van der Waals surface area contributed by atoms with Gasteiger partial charge in [0, 0.05) is 0 Å². The predicted octanol–water partition coefficient (Wildman–Crippen LogP) is 2.52. The molecule has 0 rings (SSSR count). The summed E-state index contributed by atoms with van der Waals surface area (Å²) in [5.74, 6) is -0.677. The van der Waals surface area contributed by atoms with E-state index in [-0.39, 0.29) is 11.9 Å². The Morgan fingerprint density at radius 1 is 1.27 bits per heavy atom. The summed E-state index contributed by atoms with van der Waals surface area (Å²) < 4.78 is 4.74. The fraction of sp³-hybridized carbons (Fsp3) is 0.917. The average molecular weight is 216 g/mol. The SMILES string of the molecule is CCCC(O)(CCC)C(CC)C(=O)OC. The number of esters is 1. The number of rotatable bonds is 7. The number of ether oxygens (including phenoxy) is 1. The van der Waals surface area contributed by atoms with E-state index < -0.39 is 5.60 Å². The van der Waals surface area contributed by atoms with Crippen LogP contribution in [0.15, 0.2) is 0 Å². The number of hydrogen-bond acceptors (Lipinski definition) is 3. The third kappa shape index (κ3) is 3.82. The van der Waals surface area contributed by atoms with E-state index in [2.05, 4.69) is 0 Å². The Kier molecular flexibility index (Phi) is 6.57. The lowest BCUT2D eigenvalue weighted by molar-refractivity contribution is -0.157. The minimum Gasteiger partial charge on any atom is -0.469 e. The lowest BCUT2D eigenvalue weighted by Crippen LogP contribution is -2.42. The molecule has 0 heterocycles. The van der Waals surface area contributed by atoms with Gasteiger partial charge in [-0.25, -0.2) is 0 Å². The number of methoxy groups -OCH3 is 1. The zero-order chi connectivity index (χ0) is 11.9. The topological polar surface area (TPSA) is 46.5 Å². The fourth-order valence-corrected chi connectivity index (χ4v) is 2.25. The highest BCUT2D eigenvalue weighted by Crippen LogP contribution is 2.31. The minimum absolute atomic E-state index is 0.290. The van der Waals surface area contributed by atoms with Gasteiger partial charge in [0.05, 0.1) is 18.6 Å². The van der Waals surface area contributed by atoms with Gasteiger partial charge in [0.1, 0.15) is 0 Å². The zero-order valence-electron chi connectivity index (χ0n) is 10.4. The van der Waals surface area contributed by atoms with Gasteiger partial charge >= 0.3 is 5.97 Å². The van der Waals surface area contributed by atoms with Gasteiger partial charge in [0.25, 0.3) is 0 Å². The first-order valence-electron chi connectivity index (χ1n) is 5.85. The highest BCUT2D eigenvalue weighted by molar-refractivity contribution is 5.73. The van der Waals surface area contributed by atoms with Gasteiger partial charge < -0.3 is 9.84 Å².